The van der Waals surface area contributed by atoms with Gasteiger partial charge in [0.05, 0.1) is 17.0 Å². The SMILES string of the molecule is Cc1ccc(-c2ccc(C(=O)NCCCn3ccnc3C)c(C)n2)cc1. The number of amides is 1. The van der Waals surface area contributed by atoms with E-state index in [1.165, 1.54) is 5.56 Å². The quantitative estimate of drug-likeness (QED) is 0.691. The number of benzene rings is 1. The molecule has 3 aromatic rings. The minimum Gasteiger partial charge on any atom is -0.352 e. The van der Waals surface area contributed by atoms with Crippen LogP contribution in [0.1, 0.15) is 33.9 Å². The van der Waals surface area contributed by atoms with E-state index in [9.17, 15) is 4.79 Å². The fraction of sp³-hybridized carbons (Fsp3) is 0.286. The molecule has 5 nitrogen and oxygen atoms in total. The van der Waals surface area contributed by atoms with Gasteiger partial charge in [0.15, 0.2) is 0 Å². The van der Waals surface area contributed by atoms with Gasteiger partial charge in [-0.25, -0.2) is 4.98 Å². The Labute approximate surface area is 154 Å². The zero-order valence-corrected chi connectivity index (χ0v) is 15.5. The Morgan fingerprint density at radius 1 is 1.08 bits per heavy atom. The summed E-state index contributed by atoms with van der Waals surface area (Å²) in [7, 11) is 0. The first-order chi connectivity index (χ1) is 12.5. The Hall–Kier alpha value is -2.95. The Balaban J connectivity index is 1.59. The molecule has 0 bridgehead atoms. The third-order valence-corrected chi connectivity index (χ3v) is 4.46. The monoisotopic (exact) mass is 348 g/mol. The lowest BCUT2D eigenvalue weighted by Crippen LogP contribution is -2.26. The maximum absolute atomic E-state index is 12.4. The van der Waals surface area contributed by atoms with Gasteiger partial charge in [0.25, 0.3) is 5.91 Å². The second kappa shape index (κ2) is 7.95. The van der Waals surface area contributed by atoms with Crippen molar-refractivity contribution in [1.82, 2.24) is 19.9 Å². The van der Waals surface area contributed by atoms with Gasteiger partial charge >= 0.3 is 0 Å². The van der Waals surface area contributed by atoms with Crippen LogP contribution in [0.2, 0.25) is 0 Å². The summed E-state index contributed by atoms with van der Waals surface area (Å²) >= 11 is 0. The van der Waals surface area contributed by atoms with Gasteiger partial charge in [-0.1, -0.05) is 29.8 Å². The lowest BCUT2D eigenvalue weighted by Gasteiger charge is -2.10. The van der Waals surface area contributed by atoms with Crippen molar-refractivity contribution in [3.05, 3.63) is 71.4 Å². The van der Waals surface area contributed by atoms with Crippen LogP contribution in [0.4, 0.5) is 0 Å². The molecule has 1 N–H and O–H groups in total. The molecular weight excluding hydrogens is 324 g/mol. The van der Waals surface area contributed by atoms with Crippen LogP contribution in [-0.2, 0) is 6.54 Å². The van der Waals surface area contributed by atoms with Gasteiger partial charge in [-0.3, -0.25) is 9.78 Å². The van der Waals surface area contributed by atoms with Crippen LogP contribution in [-0.4, -0.2) is 27.0 Å². The van der Waals surface area contributed by atoms with Crippen molar-refractivity contribution in [3.8, 4) is 11.3 Å². The van der Waals surface area contributed by atoms with E-state index in [0.29, 0.717) is 12.1 Å². The molecule has 134 valence electrons. The maximum Gasteiger partial charge on any atom is 0.253 e. The molecule has 3 rings (SSSR count). The molecule has 0 aliphatic heterocycles. The number of hydrogen-bond donors (Lipinski definition) is 1. The van der Waals surface area contributed by atoms with Crippen LogP contribution < -0.4 is 5.32 Å². The fourth-order valence-electron chi connectivity index (χ4n) is 2.87. The predicted molar refractivity (Wildman–Crippen MR) is 103 cm³/mol. The molecule has 0 spiro atoms. The van der Waals surface area contributed by atoms with Crippen molar-refractivity contribution in [3.63, 3.8) is 0 Å². The summed E-state index contributed by atoms with van der Waals surface area (Å²) in [5.41, 5.74) is 4.52. The first kappa shape index (κ1) is 17.9. The summed E-state index contributed by atoms with van der Waals surface area (Å²) in [5.74, 6) is 0.913. The van der Waals surface area contributed by atoms with Crippen LogP contribution in [0.3, 0.4) is 0 Å². The van der Waals surface area contributed by atoms with Gasteiger partial charge in [-0.15, -0.1) is 0 Å². The van der Waals surface area contributed by atoms with Crippen LogP contribution in [0.15, 0.2) is 48.8 Å². The lowest BCUT2D eigenvalue weighted by molar-refractivity contribution is 0.0951. The predicted octanol–water partition coefficient (Wildman–Crippen LogP) is 3.69. The van der Waals surface area contributed by atoms with E-state index in [4.69, 9.17) is 0 Å². The molecule has 0 atom stereocenters. The van der Waals surface area contributed by atoms with E-state index in [1.54, 1.807) is 6.20 Å². The molecular formula is C21H24N4O. The minimum atomic E-state index is -0.0761. The van der Waals surface area contributed by atoms with Crippen molar-refractivity contribution in [2.75, 3.05) is 6.54 Å². The number of carbonyl (C=O) groups excluding carboxylic acids is 1. The van der Waals surface area contributed by atoms with Crippen LogP contribution in [0, 0.1) is 20.8 Å². The largest absolute Gasteiger partial charge is 0.352 e. The van der Waals surface area contributed by atoms with Crippen molar-refractivity contribution >= 4 is 5.91 Å². The van der Waals surface area contributed by atoms with Crippen molar-refractivity contribution in [1.29, 1.82) is 0 Å². The van der Waals surface area contributed by atoms with E-state index < -0.39 is 0 Å². The van der Waals surface area contributed by atoms with E-state index >= 15 is 0 Å². The van der Waals surface area contributed by atoms with Crippen molar-refractivity contribution in [2.24, 2.45) is 0 Å². The zero-order chi connectivity index (χ0) is 18.5. The van der Waals surface area contributed by atoms with Gasteiger partial charge in [0.2, 0.25) is 0 Å². The second-order valence-corrected chi connectivity index (χ2v) is 6.47. The number of nitrogens with one attached hydrogen (secondary N) is 1. The Bertz CT molecular complexity index is 897. The van der Waals surface area contributed by atoms with Gasteiger partial charge in [-0.2, -0.15) is 0 Å². The van der Waals surface area contributed by atoms with Crippen molar-refractivity contribution in [2.45, 2.75) is 33.7 Å². The summed E-state index contributed by atoms with van der Waals surface area (Å²) in [6.07, 6.45) is 4.60. The summed E-state index contributed by atoms with van der Waals surface area (Å²) in [5, 5.41) is 2.98. The number of rotatable bonds is 6. The molecule has 1 aromatic carbocycles. The normalized spacial score (nSPS) is 10.7. The number of hydrogen-bond acceptors (Lipinski definition) is 3. The Morgan fingerprint density at radius 3 is 2.50 bits per heavy atom. The number of imidazole rings is 1. The topological polar surface area (TPSA) is 59.8 Å². The molecule has 0 saturated heterocycles. The van der Waals surface area contributed by atoms with Crippen molar-refractivity contribution < 1.29 is 4.79 Å². The molecule has 0 aliphatic rings. The number of carbonyl (C=O) groups is 1. The van der Waals surface area contributed by atoms with E-state index in [2.05, 4.69) is 51.0 Å². The summed E-state index contributed by atoms with van der Waals surface area (Å²) in [6, 6.07) is 12.0. The highest BCUT2D eigenvalue weighted by Gasteiger charge is 2.11. The van der Waals surface area contributed by atoms with E-state index in [1.807, 2.05) is 32.2 Å². The highest BCUT2D eigenvalue weighted by molar-refractivity contribution is 5.95. The maximum atomic E-state index is 12.4. The molecule has 0 fully saturated rings. The zero-order valence-electron chi connectivity index (χ0n) is 15.5. The summed E-state index contributed by atoms with van der Waals surface area (Å²) in [6.45, 7) is 7.38. The van der Waals surface area contributed by atoms with Gasteiger partial charge in [-0.05, 0) is 39.3 Å². The molecule has 1 amide bonds. The number of aryl methyl sites for hydroxylation is 4. The van der Waals surface area contributed by atoms with E-state index in [0.717, 1.165) is 35.7 Å². The molecule has 0 saturated carbocycles. The van der Waals surface area contributed by atoms with Gasteiger partial charge < -0.3 is 9.88 Å². The molecule has 2 heterocycles. The molecule has 26 heavy (non-hydrogen) atoms. The number of nitrogens with zero attached hydrogens (tertiary/aromatic N) is 3. The third-order valence-electron chi connectivity index (χ3n) is 4.46. The summed E-state index contributed by atoms with van der Waals surface area (Å²) < 4.78 is 2.08. The van der Waals surface area contributed by atoms with Crippen LogP contribution in [0.25, 0.3) is 11.3 Å². The highest BCUT2D eigenvalue weighted by Crippen LogP contribution is 2.19. The average molecular weight is 348 g/mol. The molecule has 0 aliphatic carbocycles. The standard InChI is InChI=1S/C21H24N4O/c1-15-5-7-18(8-6-15)20-10-9-19(16(2)24-20)21(26)23-11-4-13-25-14-12-22-17(25)3/h5-10,12,14H,4,11,13H2,1-3H3,(H,23,26). The molecule has 5 heteroatoms. The number of aromatic nitrogens is 3. The molecule has 0 unspecified atom stereocenters. The van der Waals surface area contributed by atoms with Crippen LogP contribution in [0.5, 0.6) is 0 Å². The Kier molecular flexibility index (Phi) is 5.46. The number of pyridine rings is 1. The molecule has 0 radical (unpaired) electrons. The third kappa shape index (κ3) is 4.17. The van der Waals surface area contributed by atoms with Gasteiger partial charge in [0, 0.05) is 31.0 Å². The Morgan fingerprint density at radius 2 is 1.85 bits per heavy atom. The lowest BCUT2D eigenvalue weighted by atomic mass is 10.1. The second-order valence-electron chi connectivity index (χ2n) is 6.47. The smallest absolute Gasteiger partial charge is 0.253 e. The first-order valence-corrected chi connectivity index (χ1v) is 8.85. The first-order valence-electron chi connectivity index (χ1n) is 8.85. The van der Waals surface area contributed by atoms with Gasteiger partial charge in [0.1, 0.15) is 5.82 Å². The van der Waals surface area contributed by atoms with E-state index in [-0.39, 0.29) is 5.91 Å². The molecule has 2 aromatic heterocycles. The highest BCUT2D eigenvalue weighted by atomic mass is 16.1. The minimum absolute atomic E-state index is 0.0761. The average Bonchev–Trinajstić information content (AvgIpc) is 3.04. The van der Waals surface area contributed by atoms with Crippen LogP contribution >= 0.6 is 0 Å². The summed E-state index contributed by atoms with van der Waals surface area (Å²) in [4.78, 5) is 21.2. The fourth-order valence-corrected chi connectivity index (χ4v) is 2.87.